The van der Waals surface area contributed by atoms with E-state index in [4.69, 9.17) is 4.74 Å². The number of amides is 1. The van der Waals surface area contributed by atoms with Crippen molar-refractivity contribution >= 4 is 16.8 Å². The van der Waals surface area contributed by atoms with Crippen LogP contribution in [0.5, 0.6) is 5.75 Å². The highest BCUT2D eigenvalue weighted by atomic mass is 16.5. The van der Waals surface area contributed by atoms with Crippen LogP contribution in [0.2, 0.25) is 0 Å². The molecule has 1 aromatic heterocycles. The Morgan fingerprint density at radius 1 is 1.19 bits per heavy atom. The van der Waals surface area contributed by atoms with Gasteiger partial charge in [-0.1, -0.05) is 24.3 Å². The summed E-state index contributed by atoms with van der Waals surface area (Å²) in [5, 5.41) is 0.917. The first kappa shape index (κ1) is 17.5. The summed E-state index contributed by atoms with van der Waals surface area (Å²) in [5.74, 6) is 0.785. The number of hydrogen-bond acceptors (Lipinski definition) is 3. The lowest BCUT2D eigenvalue weighted by Gasteiger charge is -2.33. The van der Waals surface area contributed by atoms with Crippen LogP contribution < -0.4 is 4.74 Å². The summed E-state index contributed by atoms with van der Waals surface area (Å²) in [6.45, 7) is 1.90. The van der Waals surface area contributed by atoms with Crippen LogP contribution in [0.3, 0.4) is 0 Å². The first-order valence-electron chi connectivity index (χ1n) is 9.39. The molecule has 3 aromatic rings. The Morgan fingerprint density at radius 3 is 2.81 bits per heavy atom. The zero-order valence-corrected chi connectivity index (χ0v) is 16.0. The Bertz CT molecular complexity index is 1010. The van der Waals surface area contributed by atoms with Crippen molar-refractivity contribution in [1.82, 2.24) is 9.88 Å². The fraction of sp³-hybridized carbons (Fsp3) is 0.304. The van der Waals surface area contributed by atoms with E-state index in [9.17, 15) is 4.79 Å². The number of nitrogens with zero attached hydrogens (tertiary/aromatic N) is 2. The van der Waals surface area contributed by atoms with Gasteiger partial charge in [0.2, 0.25) is 0 Å². The molecule has 4 nitrogen and oxygen atoms in total. The molecule has 0 bridgehead atoms. The monoisotopic (exact) mass is 360 g/mol. The summed E-state index contributed by atoms with van der Waals surface area (Å²) >= 11 is 0. The average molecular weight is 360 g/mol. The Labute approximate surface area is 159 Å². The third-order valence-corrected chi connectivity index (χ3v) is 5.57. The minimum absolute atomic E-state index is 0.0198. The lowest BCUT2D eigenvalue weighted by atomic mass is 9.86. The molecule has 2 aromatic carbocycles. The minimum Gasteiger partial charge on any atom is -0.497 e. The first-order chi connectivity index (χ1) is 13.1. The third kappa shape index (κ3) is 3.16. The molecule has 1 atom stereocenters. The van der Waals surface area contributed by atoms with Crippen LogP contribution in [0.4, 0.5) is 0 Å². The van der Waals surface area contributed by atoms with Crippen LogP contribution in [-0.2, 0) is 6.42 Å². The van der Waals surface area contributed by atoms with Crippen molar-refractivity contribution < 1.29 is 9.53 Å². The topological polar surface area (TPSA) is 42.4 Å². The molecule has 4 rings (SSSR count). The molecule has 1 aliphatic rings. The second-order valence-corrected chi connectivity index (χ2v) is 7.20. The lowest BCUT2D eigenvalue weighted by molar-refractivity contribution is 0.0714. The molecule has 0 saturated carbocycles. The van der Waals surface area contributed by atoms with Crippen molar-refractivity contribution in [2.45, 2.75) is 32.2 Å². The van der Waals surface area contributed by atoms with Gasteiger partial charge in [0.1, 0.15) is 5.75 Å². The molecule has 0 spiro atoms. The molecule has 0 fully saturated rings. The highest BCUT2D eigenvalue weighted by molar-refractivity contribution is 5.99. The summed E-state index contributed by atoms with van der Waals surface area (Å²) in [6, 6.07) is 16.3. The highest BCUT2D eigenvalue weighted by Gasteiger charge is 2.28. The van der Waals surface area contributed by atoms with Crippen molar-refractivity contribution in [2.24, 2.45) is 0 Å². The molecule has 1 amide bonds. The number of pyridine rings is 1. The number of rotatable bonds is 3. The number of aryl methyl sites for hydroxylation is 2. The Hall–Kier alpha value is -2.88. The van der Waals surface area contributed by atoms with Crippen molar-refractivity contribution in [1.29, 1.82) is 0 Å². The van der Waals surface area contributed by atoms with Crippen molar-refractivity contribution in [3.05, 3.63) is 70.9 Å². The maximum atomic E-state index is 13.3. The smallest absolute Gasteiger partial charge is 0.255 e. The van der Waals surface area contributed by atoms with Gasteiger partial charge in [-0.2, -0.15) is 0 Å². The quantitative estimate of drug-likeness (QED) is 0.680. The zero-order valence-electron chi connectivity index (χ0n) is 16.0. The van der Waals surface area contributed by atoms with E-state index in [-0.39, 0.29) is 11.9 Å². The first-order valence-corrected chi connectivity index (χ1v) is 9.39. The van der Waals surface area contributed by atoms with Crippen LogP contribution in [0.25, 0.3) is 10.9 Å². The predicted molar refractivity (Wildman–Crippen MR) is 107 cm³/mol. The highest BCUT2D eigenvalue weighted by Crippen LogP contribution is 2.34. The zero-order chi connectivity index (χ0) is 19.0. The molecule has 1 heterocycles. The van der Waals surface area contributed by atoms with Gasteiger partial charge in [0.15, 0.2) is 0 Å². The second-order valence-electron chi connectivity index (χ2n) is 7.20. The van der Waals surface area contributed by atoms with Gasteiger partial charge < -0.3 is 9.64 Å². The number of aromatic nitrogens is 1. The van der Waals surface area contributed by atoms with E-state index in [1.54, 1.807) is 7.11 Å². The van der Waals surface area contributed by atoms with E-state index in [2.05, 4.69) is 29.2 Å². The number of carbonyl (C=O) groups excluding carboxylic acids is 1. The average Bonchev–Trinajstić information content (AvgIpc) is 2.71. The SMILES string of the molecule is COc1ccc2nc(C)c(C(=O)N(C)[C@@H]3CCCc4ccccc43)cc2c1. The number of carbonyl (C=O) groups is 1. The van der Waals surface area contributed by atoms with Crippen LogP contribution in [0.1, 0.15) is 46.1 Å². The molecule has 138 valence electrons. The van der Waals surface area contributed by atoms with Gasteiger partial charge in [0.05, 0.1) is 29.9 Å². The van der Waals surface area contributed by atoms with Crippen LogP contribution >= 0.6 is 0 Å². The molecule has 0 N–H and O–H groups in total. The van der Waals surface area contributed by atoms with Crippen LogP contribution in [-0.4, -0.2) is 29.9 Å². The van der Waals surface area contributed by atoms with E-state index in [0.29, 0.717) is 5.56 Å². The van der Waals surface area contributed by atoms with E-state index in [0.717, 1.165) is 41.6 Å². The van der Waals surface area contributed by atoms with Gasteiger partial charge in [-0.25, -0.2) is 0 Å². The normalized spacial score (nSPS) is 16.0. The molecule has 0 radical (unpaired) electrons. The Balaban J connectivity index is 1.71. The molecule has 0 aliphatic heterocycles. The predicted octanol–water partition coefficient (Wildman–Crippen LogP) is 4.70. The minimum atomic E-state index is 0.0198. The second kappa shape index (κ2) is 7.03. The van der Waals surface area contributed by atoms with Crippen molar-refractivity contribution in [3.8, 4) is 5.75 Å². The number of hydrogen-bond donors (Lipinski definition) is 0. The van der Waals surface area contributed by atoms with Gasteiger partial charge in [-0.05, 0) is 61.6 Å². The van der Waals surface area contributed by atoms with Gasteiger partial charge in [-0.3, -0.25) is 9.78 Å². The fourth-order valence-electron chi connectivity index (χ4n) is 4.06. The number of ether oxygens (including phenoxy) is 1. The maximum absolute atomic E-state index is 13.3. The maximum Gasteiger partial charge on any atom is 0.255 e. The largest absolute Gasteiger partial charge is 0.497 e. The van der Waals surface area contributed by atoms with E-state index in [1.165, 1.54) is 11.1 Å². The molecule has 1 aliphatic carbocycles. The van der Waals surface area contributed by atoms with Gasteiger partial charge in [0, 0.05) is 12.4 Å². The van der Waals surface area contributed by atoms with Crippen molar-refractivity contribution in [3.63, 3.8) is 0 Å². The summed E-state index contributed by atoms with van der Waals surface area (Å²) in [7, 11) is 3.55. The molecule has 0 unspecified atom stereocenters. The van der Waals surface area contributed by atoms with Gasteiger partial charge in [0.25, 0.3) is 5.91 Å². The lowest BCUT2D eigenvalue weighted by Crippen LogP contribution is -2.33. The van der Waals surface area contributed by atoms with Crippen molar-refractivity contribution in [2.75, 3.05) is 14.2 Å². The Morgan fingerprint density at radius 2 is 2.00 bits per heavy atom. The molecular formula is C23H24N2O2. The van der Waals surface area contributed by atoms with E-state index >= 15 is 0 Å². The van der Waals surface area contributed by atoms with Gasteiger partial charge >= 0.3 is 0 Å². The summed E-state index contributed by atoms with van der Waals surface area (Å²) in [6.07, 6.45) is 3.18. The summed E-state index contributed by atoms with van der Waals surface area (Å²) in [5.41, 5.74) is 4.91. The fourth-order valence-corrected chi connectivity index (χ4v) is 4.06. The Kier molecular flexibility index (Phi) is 4.56. The molecular weight excluding hydrogens is 336 g/mol. The standard InChI is InChI=1S/C23H24N2O2/c1-15-20(14-17-13-18(27-3)11-12-21(17)24-15)23(26)25(2)22-10-6-8-16-7-4-5-9-19(16)22/h4-5,7,9,11-14,22H,6,8,10H2,1-3H3/t22-/m1/s1. The molecule has 4 heteroatoms. The van der Waals surface area contributed by atoms with Gasteiger partial charge in [-0.15, -0.1) is 0 Å². The summed E-state index contributed by atoms with van der Waals surface area (Å²) in [4.78, 5) is 19.9. The number of methoxy groups -OCH3 is 1. The van der Waals surface area contributed by atoms with E-state index in [1.807, 2.05) is 43.1 Å². The number of fused-ring (bicyclic) bond motifs is 2. The third-order valence-electron chi connectivity index (χ3n) is 5.57. The number of benzene rings is 2. The molecule has 27 heavy (non-hydrogen) atoms. The van der Waals surface area contributed by atoms with E-state index < -0.39 is 0 Å². The summed E-state index contributed by atoms with van der Waals surface area (Å²) < 4.78 is 5.31. The van der Waals surface area contributed by atoms with Crippen LogP contribution in [0, 0.1) is 6.92 Å². The van der Waals surface area contributed by atoms with Crippen LogP contribution in [0.15, 0.2) is 48.5 Å². The molecule has 0 saturated heterocycles.